The summed E-state index contributed by atoms with van der Waals surface area (Å²) in [6.07, 6.45) is 2.93. The Bertz CT molecular complexity index is 327. The fraction of sp³-hybridized carbons (Fsp3) is 0.846. The van der Waals surface area contributed by atoms with E-state index in [1.54, 1.807) is 0 Å². The molecule has 2 atom stereocenters. The SMILES string of the molecule is CC(C)CC1NC(=O)CN(C2CCCSC2)C1=O. The molecular formula is C13H22N2O2S. The zero-order chi connectivity index (χ0) is 13.1. The summed E-state index contributed by atoms with van der Waals surface area (Å²) in [5.74, 6) is 2.69. The lowest BCUT2D eigenvalue weighted by atomic mass is 9.99. The van der Waals surface area contributed by atoms with Crippen LogP contribution in [0.1, 0.15) is 33.1 Å². The molecule has 0 spiro atoms. The first kappa shape index (κ1) is 13.7. The van der Waals surface area contributed by atoms with Crippen LogP contribution >= 0.6 is 11.8 Å². The van der Waals surface area contributed by atoms with Crippen molar-refractivity contribution in [2.45, 2.75) is 45.2 Å². The molecule has 0 aliphatic carbocycles. The van der Waals surface area contributed by atoms with Gasteiger partial charge in [-0.1, -0.05) is 13.8 Å². The molecule has 18 heavy (non-hydrogen) atoms. The van der Waals surface area contributed by atoms with Crippen LogP contribution in [0.5, 0.6) is 0 Å². The number of nitrogens with one attached hydrogen (secondary N) is 1. The van der Waals surface area contributed by atoms with Crippen molar-refractivity contribution in [1.29, 1.82) is 0 Å². The molecule has 2 aliphatic heterocycles. The highest BCUT2D eigenvalue weighted by atomic mass is 32.2. The van der Waals surface area contributed by atoms with E-state index in [0.717, 1.165) is 25.0 Å². The summed E-state index contributed by atoms with van der Waals surface area (Å²) in [5.41, 5.74) is 0. The normalized spacial score (nSPS) is 29.6. The summed E-state index contributed by atoms with van der Waals surface area (Å²) in [5, 5.41) is 2.83. The Labute approximate surface area is 113 Å². The van der Waals surface area contributed by atoms with Gasteiger partial charge in [0.05, 0.1) is 6.54 Å². The summed E-state index contributed by atoms with van der Waals surface area (Å²) < 4.78 is 0. The van der Waals surface area contributed by atoms with E-state index in [4.69, 9.17) is 0 Å². The monoisotopic (exact) mass is 270 g/mol. The first-order valence-corrected chi connectivity index (χ1v) is 7.91. The highest BCUT2D eigenvalue weighted by molar-refractivity contribution is 7.99. The van der Waals surface area contributed by atoms with Crippen molar-refractivity contribution >= 4 is 23.6 Å². The number of rotatable bonds is 3. The maximum Gasteiger partial charge on any atom is 0.245 e. The van der Waals surface area contributed by atoms with Crippen molar-refractivity contribution in [2.24, 2.45) is 5.92 Å². The van der Waals surface area contributed by atoms with E-state index < -0.39 is 0 Å². The predicted molar refractivity (Wildman–Crippen MR) is 73.4 cm³/mol. The lowest BCUT2D eigenvalue weighted by Gasteiger charge is -2.39. The third-order valence-electron chi connectivity index (χ3n) is 3.51. The molecule has 0 bridgehead atoms. The number of carbonyl (C=O) groups excluding carboxylic acids is 2. The molecule has 2 fully saturated rings. The summed E-state index contributed by atoms with van der Waals surface area (Å²) in [6, 6.07) is -0.0462. The van der Waals surface area contributed by atoms with Gasteiger partial charge in [0.2, 0.25) is 11.8 Å². The fourth-order valence-corrected chi connectivity index (χ4v) is 3.80. The summed E-state index contributed by atoms with van der Waals surface area (Å²) in [6.45, 7) is 4.41. The Hall–Kier alpha value is -0.710. The minimum atomic E-state index is -0.307. The highest BCUT2D eigenvalue weighted by Crippen LogP contribution is 2.24. The van der Waals surface area contributed by atoms with Crippen LogP contribution < -0.4 is 5.32 Å². The third-order valence-corrected chi connectivity index (χ3v) is 4.71. The first-order chi connectivity index (χ1) is 8.58. The summed E-state index contributed by atoms with van der Waals surface area (Å²) in [4.78, 5) is 26.0. The molecule has 0 radical (unpaired) electrons. The second-order valence-corrected chi connectivity index (χ2v) is 6.74. The third kappa shape index (κ3) is 3.19. The first-order valence-electron chi connectivity index (χ1n) is 6.75. The van der Waals surface area contributed by atoms with Crippen molar-refractivity contribution < 1.29 is 9.59 Å². The molecule has 0 saturated carbocycles. The average molecular weight is 270 g/mol. The quantitative estimate of drug-likeness (QED) is 0.840. The molecule has 4 nitrogen and oxygen atoms in total. The zero-order valence-corrected chi connectivity index (χ0v) is 12.0. The number of carbonyl (C=O) groups is 2. The van der Waals surface area contributed by atoms with Crippen molar-refractivity contribution in [3.05, 3.63) is 0 Å². The Balaban J connectivity index is 2.04. The molecule has 2 aliphatic rings. The van der Waals surface area contributed by atoms with Crippen molar-refractivity contribution in [2.75, 3.05) is 18.1 Å². The molecule has 2 rings (SSSR count). The van der Waals surface area contributed by atoms with E-state index in [9.17, 15) is 9.59 Å². The van der Waals surface area contributed by atoms with Gasteiger partial charge in [0.15, 0.2) is 0 Å². The molecule has 1 N–H and O–H groups in total. The Morgan fingerprint density at radius 2 is 2.22 bits per heavy atom. The predicted octanol–water partition coefficient (Wildman–Crippen LogP) is 1.26. The van der Waals surface area contributed by atoms with Gasteiger partial charge >= 0.3 is 0 Å². The number of piperazine rings is 1. The summed E-state index contributed by atoms with van der Waals surface area (Å²) in [7, 11) is 0. The fourth-order valence-electron chi connectivity index (χ4n) is 2.64. The van der Waals surface area contributed by atoms with Crippen LogP contribution in [0.25, 0.3) is 0 Å². The van der Waals surface area contributed by atoms with Crippen molar-refractivity contribution in [3.8, 4) is 0 Å². The number of amides is 2. The number of thioether (sulfide) groups is 1. The van der Waals surface area contributed by atoms with Gasteiger partial charge in [0.1, 0.15) is 6.04 Å². The maximum atomic E-state index is 12.4. The van der Waals surface area contributed by atoms with E-state index in [-0.39, 0.29) is 30.4 Å². The van der Waals surface area contributed by atoms with Gasteiger partial charge in [0.25, 0.3) is 0 Å². The van der Waals surface area contributed by atoms with Gasteiger partial charge in [-0.05, 0) is 30.9 Å². The molecule has 2 saturated heterocycles. The van der Waals surface area contributed by atoms with E-state index in [2.05, 4.69) is 19.2 Å². The van der Waals surface area contributed by atoms with Crippen LogP contribution in [0.2, 0.25) is 0 Å². The Morgan fingerprint density at radius 3 is 2.83 bits per heavy atom. The minimum Gasteiger partial charge on any atom is -0.343 e. The number of nitrogens with zero attached hydrogens (tertiary/aromatic N) is 1. The standard InChI is InChI=1S/C13H22N2O2S/c1-9(2)6-11-13(17)15(7-12(16)14-11)10-4-3-5-18-8-10/h9-11H,3-8H2,1-2H3,(H,14,16). The molecule has 0 aromatic heterocycles. The number of hydrogen-bond acceptors (Lipinski definition) is 3. The molecule has 102 valence electrons. The Morgan fingerprint density at radius 1 is 1.44 bits per heavy atom. The van der Waals surface area contributed by atoms with Gasteiger partial charge in [-0.25, -0.2) is 0 Å². The van der Waals surface area contributed by atoms with Gasteiger partial charge < -0.3 is 10.2 Å². The topological polar surface area (TPSA) is 49.4 Å². The van der Waals surface area contributed by atoms with Crippen LogP contribution in [0.15, 0.2) is 0 Å². The number of hydrogen-bond donors (Lipinski definition) is 1. The minimum absolute atomic E-state index is 0.00387. The molecule has 5 heteroatoms. The van der Waals surface area contributed by atoms with Gasteiger partial charge in [-0.3, -0.25) is 9.59 Å². The lowest BCUT2D eigenvalue weighted by Crippen LogP contribution is -2.61. The molecule has 2 unspecified atom stereocenters. The molecule has 2 amide bonds. The zero-order valence-electron chi connectivity index (χ0n) is 11.1. The Kier molecular flexibility index (Phi) is 4.54. The highest BCUT2D eigenvalue weighted by Gasteiger charge is 2.37. The van der Waals surface area contributed by atoms with Gasteiger partial charge in [-0.2, -0.15) is 11.8 Å². The molecular weight excluding hydrogens is 248 g/mol. The second kappa shape index (κ2) is 5.95. The van der Waals surface area contributed by atoms with Crippen molar-refractivity contribution in [3.63, 3.8) is 0 Å². The maximum absolute atomic E-state index is 12.4. The van der Waals surface area contributed by atoms with E-state index in [0.29, 0.717) is 5.92 Å². The van der Waals surface area contributed by atoms with E-state index in [1.807, 2.05) is 16.7 Å². The van der Waals surface area contributed by atoms with E-state index >= 15 is 0 Å². The van der Waals surface area contributed by atoms with Crippen LogP contribution in [0, 0.1) is 5.92 Å². The van der Waals surface area contributed by atoms with Crippen LogP contribution in [0.3, 0.4) is 0 Å². The van der Waals surface area contributed by atoms with Crippen molar-refractivity contribution in [1.82, 2.24) is 10.2 Å². The molecule has 0 aromatic carbocycles. The van der Waals surface area contributed by atoms with Crippen LogP contribution in [-0.4, -0.2) is 46.8 Å². The molecule has 0 aromatic rings. The second-order valence-electron chi connectivity index (χ2n) is 5.59. The average Bonchev–Trinajstić information content (AvgIpc) is 2.34. The smallest absolute Gasteiger partial charge is 0.245 e. The van der Waals surface area contributed by atoms with Crippen LogP contribution in [-0.2, 0) is 9.59 Å². The van der Waals surface area contributed by atoms with Gasteiger partial charge in [-0.15, -0.1) is 0 Å². The lowest BCUT2D eigenvalue weighted by molar-refractivity contribution is -0.146. The van der Waals surface area contributed by atoms with Crippen LogP contribution in [0.4, 0.5) is 0 Å². The van der Waals surface area contributed by atoms with Gasteiger partial charge in [0, 0.05) is 11.8 Å². The summed E-state index contributed by atoms with van der Waals surface area (Å²) >= 11 is 1.89. The molecule has 2 heterocycles. The van der Waals surface area contributed by atoms with E-state index in [1.165, 1.54) is 5.75 Å². The largest absolute Gasteiger partial charge is 0.343 e.